The molecule has 4 heterocycles. The van der Waals surface area contributed by atoms with Crippen LogP contribution in [0.5, 0.6) is 0 Å². The molecule has 12 heteroatoms. The van der Waals surface area contributed by atoms with Crippen LogP contribution in [0.25, 0.3) is 0 Å². The third-order valence-corrected chi connectivity index (χ3v) is 9.39. The number of aromatic nitrogens is 3. The number of anilines is 2. The molecule has 0 saturated carbocycles. The predicted octanol–water partition coefficient (Wildman–Crippen LogP) is 3.91. The van der Waals surface area contributed by atoms with E-state index in [9.17, 15) is 18.0 Å². The maximum atomic E-state index is 13.6. The quantitative estimate of drug-likeness (QED) is 0.539. The lowest BCUT2D eigenvalue weighted by Crippen LogP contribution is -2.50. The van der Waals surface area contributed by atoms with E-state index in [4.69, 9.17) is 4.98 Å². The third kappa shape index (κ3) is 7.27. The second kappa shape index (κ2) is 12.1. The number of rotatable bonds is 5. The highest BCUT2D eigenvalue weighted by Crippen LogP contribution is 2.34. The van der Waals surface area contributed by atoms with Gasteiger partial charge in [-0.2, -0.15) is 13.5 Å². The molecule has 226 valence electrons. The lowest BCUT2D eigenvalue weighted by molar-refractivity contribution is -0.120. The SMILES string of the molecule is CCC(C)(C)N1CNCCCCn2ccc(n2)S(=O)(=O)NC(=O)c2ccc(N3CCC(CCC(C)(C)C)C3=O)nc21. The first kappa shape index (κ1) is 31.0. The molecular formula is C29H45N7O4S. The van der Waals surface area contributed by atoms with Crippen molar-refractivity contribution in [1.29, 1.82) is 0 Å². The first-order chi connectivity index (χ1) is 19.2. The van der Waals surface area contributed by atoms with E-state index in [1.165, 1.54) is 6.07 Å². The zero-order valence-corrected chi connectivity index (χ0v) is 26.1. The number of hydrogen-bond acceptors (Lipinski definition) is 8. The van der Waals surface area contributed by atoms with Gasteiger partial charge in [0.05, 0.1) is 12.2 Å². The number of aryl methyl sites for hydroxylation is 1. The van der Waals surface area contributed by atoms with E-state index < -0.39 is 21.5 Å². The molecule has 0 aliphatic carbocycles. The predicted molar refractivity (Wildman–Crippen MR) is 159 cm³/mol. The molecule has 0 spiro atoms. The van der Waals surface area contributed by atoms with Crippen LogP contribution in [0.2, 0.25) is 0 Å². The molecule has 2 bridgehead atoms. The van der Waals surface area contributed by atoms with Gasteiger partial charge in [0.2, 0.25) is 5.91 Å². The molecule has 11 nitrogen and oxygen atoms in total. The molecule has 41 heavy (non-hydrogen) atoms. The van der Waals surface area contributed by atoms with Gasteiger partial charge in [0.15, 0.2) is 5.03 Å². The van der Waals surface area contributed by atoms with E-state index in [2.05, 4.69) is 56.7 Å². The average Bonchev–Trinajstić information content (AvgIpc) is 3.52. The Morgan fingerprint density at radius 3 is 2.51 bits per heavy atom. The Morgan fingerprint density at radius 1 is 1.05 bits per heavy atom. The van der Waals surface area contributed by atoms with Crippen molar-refractivity contribution in [2.24, 2.45) is 11.3 Å². The molecular weight excluding hydrogens is 542 g/mol. The van der Waals surface area contributed by atoms with Crippen molar-refractivity contribution in [3.63, 3.8) is 0 Å². The number of nitrogens with zero attached hydrogens (tertiary/aromatic N) is 5. The van der Waals surface area contributed by atoms with E-state index in [1.54, 1.807) is 27.9 Å². The minimum absolute atomic E-state index is 0.0425. The van der Waals surface area contributed by atoms with Crippen LogP contribution in [0, 0.1) is 11.3 Å². The van der Waals surface area contributed by atoms with Gasteiger partial charge in [-0.3, -0.25) is 24.5 Å². The molecule has 4 rings (SSSR count). The summed E-state index contributed by atoms with van der Waals surface area (Å²) in [6, 6.07) is 4.61. The van der Waals surface area contributed by atoms with Gasteiger partial charge in [-0.1, -0.05) is 27.7 Å². The third-order valence-electron chi connectivity index (χ3n) is 8.17. The molecule has 2 amide bonds. The minimum Gasteiger partial charge on any atom is -0.338 e. The molecule has 2 N–H and O–H groups in total. The molecule has 2 aliphatic heterocycles. The summed E-state index contributed by atoms with van der Waals surface area (Å²) in [5.74, 6) is -0.0130. The number of pyridine rings is 1. The van der Waals surface area contributed by atoms with Gasteiger partial charge in [-0.25, -0.2) is 9.71 Å². The summed E-state index contributed by atoms with van der Waals surface area (Å²) in [5, 5.41) is 7.44. The maximum absolute atomic E-state index is 13.6. The Kier molecular flexibility index (Phi) is 9.13. The zero-order chi connectivity index (χ0) is 30.0. The summed E-state index contributed by atoms with van der Waals surface area (Å²) in [6.07, 6.45) is 6.54. The fourth-order valence-corrected chi connectivity index (χ4v) is 6.05. The first-order valence-electron chi connectivity index (χ1n) is 14.6. The fourth-order valence-electron chi connectivity index (χ4n) is 5.13. The Morgan fingerprint density at radius 2 is 1.80 bits per heavy atom. The van der Waals surface area contributed by atoms with Crippen LogP contribution in [0.4, 0.5) is 11.6 Å². The Hall–Kier alpha value is -2.99. The summed E-state index contributed by atoms with van der Waals surface area (Å²) >= 11 is 0. The first-order valence-corrected chi connectivity index (χ1v) is 16.1. The molecule has 1 unspecified atom stereocenters. The molecule has 0 aromatic carbocycles. The van der Waals surface area contributed by atoms with Crippen molar-refractivity contribution in [2.45, 2.75) is 97.2 Å². The van der Waals surface area contributed by atoms with Crippen LogP contribution in [0.15, 0.2) is 29.4 Å². The van der Waals surface area contributed by atoms with E-state index in [0.717, 1.165) is 45.1 Å². The minimum atomic E-state index is -4.20. The Labute approximate surface area is 244 Å². The summed E-state index contributed by atoms with van der Waals surface area (Å²) < 4.78 is 30.0. The van der Waals surface area contributed by atoms with E-state index in [0.29, 0.717) is 31.4 Å². The Bertz CT molecular complexity index is 1360. The number of carbonyl (C=O) groups is 2. The van der Waals surface area contributed by atoms with Gasteiger partial charge in [0.1, 0.15) is 11.6 Å². The molecule has 2 aliphatic rings. The van der Waals surface area contributed by atoms with Gasteiger partial charge < -0.3 is 4.90 Å². The molecule has 2 aromatic rings. The lowest BCUT2D eigenvalue weighted by atomic mass is 9.86. The zero-order valence-electron chi connectivity index (χ0n) is 25.2. The highest BCUT2D eigenvalue weighted by Gasteiger charge is 2.36. The number of fused-ring (bicyclic) bond motifs is 3. The molecule has 1 atom stereocenters. The topological polar surface area (TPSA) is 130 Å². The van der Waals surface area contributed by atoms with Crippen molar-refractivity contribution in [3.05, 3.63) is 30.0 Å². The van der Waals surface area contributed by atoms with Crippen LogP contribution in [-0.2, 0) is 21.4 Å². The van der Waals surface area contributed by atoms with Crippen LogP contribution >= 0.6 is 0 Å². The summed E-state index contributed by atoms with van der Waals surface area (Å²) in [5.41, 5.74) is -0.167. The maximum Gasteiger partial charge on any atom is 0.283 e. The van der Waals surface area contributed by atoms with Gasteiger partial charge in [0.25, 0.3) is 15.9 Å². The molecule has 1 saturated heterocycles. The van der Waals surface area contributed by atoms with E-state index >= 15 is 0 Å². The number of hydrogen-bond donors (Lipinski definition) is 2. The average molecular weight is 588 g/mol. The van der Waals surface area contributed by atoms with Gasteiger partial charge in [0, 0.05) is 30.7 Å². The van der Waals surface area contributed by atoms with Crippen LogP contribution in [-0.4, -0.2) is 60.3 Å². The second-order valence-corrected chi connectivity index (χ2v) is 14.6. The molecule has 0 radical (unpaired) electrons. The van der Waals surface area contributed by atoms with Crippen molar-refractivity contribution in [3.8, 4) is 0 Å². The van der Waals surface area contributed by atoms with Crippen molar-refractivity contribution in [1.82, 2.24) is 24.8 Å². The van der Waals surface area contributed by atoms with Crippen LogP contribution < -0.4 is 19.8 Å². The van der Waals surface area contributed by atoms with Crippen molar-refractivity contribution in [2.75, 3.05) is 29.6 Å². The van der Waals surface area contributed by atoms with Crippen molar-refractivity contribution < 1.29 is 18.0 Å². The van der Waals surface area contributed by atoms with Gasteiger partial charge >= 0.3 is 0 Å². The number of sulfonamides is 1. The monoisotopic (exact) mass is 587 g/mol. The second-order valence-electron chi connectivity index (χ2n) is 12.9. The number of nitrogens with one attached hydrogen (secondary N) is 2. The molecule has 1 fully saturated rings. The fraction of sp³-hybridized carbons (Fsp3) is 0.655. The van der Waals surface area contributed by atoms with E-state index in [1.807, 2.05) is 4.90 Å². The largest absolute Gasteiger partial charge is 0.338 e. The summed E-state index contributed by atoms with van der Waals surface area (Å²) in [4.78, 5) is 35.6. The highest BCUT2D eigenvalue weighted by atomic mass is 32.2. The van der Waals surface area contributed by atoms with Crippen LogP contribution in [0.3, 0.4) is 0 Å². The summed E-state index contributed by atoms with van der Waals surface area (Å²) in [7, 11) is -4.20. The summed E-state index contributed by atoms with van der Waals surface area (Å²) in [6.45, 7) is 15.0. The number of carbonyl (C=O) groups excluding carboxylic acids is 2. The lowest BCUT2D eigenvalue weighted by Gasteiger charge is -2.40. The highest BCUT2D eigenvalue weighted by molar-refractivity contribution is 7.90. The smallest absolute Gasteiger partial charge is 0.283 e. The van der Waals surface area contributed by atoms with Crippen molar-refractivity contribution >= 4 is 33.5 Å². The van der Waals surface area contributed by atoms with E-state index in [-0.39, 0.29) is 27.8 Å². The van der Waals surface area contributed by atoms with Crippen LogP contribution in [0.1, 0.15) is 90.4 Å². The molecule has 2 aromatic heterocycles. The Balaban J connectivity index is 1.74. The standard InChI is InChI=1S/C29H45N7O4S/c1-7-29(5,6)36-20-30-16-8-9-17-34-18-14-24(32-34)41(39,40)33-26(37)22-10-11-23(31-25(22)36)35-19-13-21(27(35)38)12-15-28(2,3)4/h10-11,14,18,21,30H,7-9,12-13,15-17,19-20H2,1-6H3,(H,33,37). The van der Waals surface area contributed by atoms with Gasteiger partial charge in [-0.15, -0.1) is 0 Å². The number of amides is 2. The van der Waals surface area contributed by atoms with Gasteiger partial charge in [-0.05, 0) is 82.5 Å². The normalized spacial score (nSPS) is 20.8.